The van der Waals surface area contributed by atoms with Crippen molar-refractivity contribution in [2.75, 3.05) is 33.5 Å². The van der Waals surface area contributed by atoms with Crippen LogP contribution < -0.4 is 14.2 Å². The first-order chi connectivity index (χ1) is 12.4. The molecule has 0 spiro atoms. The Labute approximate surface area is 159 Å². The Bertz CT molecular complexity index is 809. The Morgan fingerprint density at radius 1 is 1.00 bits per heavy atom. The summed E-state index contributed by atoms with van der Waals surface area (Å²) in [5.74, 6) is 1.26. The molecule has 0 atom stereocenters. The number of rotatable bonds is 10. The Morgan fingerprint density at radius 3 is 2.38 bits per heavy atom. The van der Waals surface area contributed by atoms with Crippen LogP contribution in [0.25, 0.3) is 0 Å². The molecule has 0 bridgehead atoms. The zero-order chi connectivity index (χ0) is 19.0. The minimum Gasteiger partial charge on any atom is -0.492 e. The summed E-state index contributed by atoms with van der Waals surface area (Å²) in [7, 11) is -2.03. The highest BCUT2D eigenvalue weighted by Crippen LogP contribution is 2.21. The summed E-state index contributed by atoms with van der Waals surface area (Å²) in [6.45, 7) is 3.03. The molecule has 0 saturated heterocycles. The number of nitrogens with one attached hydrogen (secondary N) is 1. The largest absolute Gasteiger partial charge is 0.492 e. The van der Waals surface area contributed by atoms with Gasteiger partial charge in [-0.25, -0.2) is 13.1 Å². The van der Waals surface area contributed by atoms with Crippen molar-refractivity contribution in [2.24, 2.45) is 0 Å². The van der Waals surface area contributed by atoms with Gasteiger partial charge in [-0.3, -0.25) is 0 Å². The monoisotopic (exact) mass is 399 g/mol. The van der Waals surface area contributed by atoms with Crippen molar-refractivity contribution in [3.8, 4) is 11.5 Å². The number of ether oxygens (including phenoxy) is 3. The number of sulfonamides is 1. The highest BCUT2D eigenvalue weighted by Gasteiger charge is 2.15. The van der Waals surface area contributed by atoms with E-state index in [0.717, 1.165) is 5.56 Å². The fraction of sp³-hybridized carbons (Fsp3) is 0.333. The van der Waals surface area contributed by atoms with E-state index in [2.05, 4.69) is 4.72 Å². The van der Waals surface area contributed by atoms with E-state index in [1.54, 1.807) is 50.4 Å². The van der Waals surface area contributed by atoms with Crippen molar-refractivity contribution < 1.29 is 22.6 Å². The molecule has 0 aliphatic rings. The standard InChI is InChI=1S/C18H22ClNO5S/c1-14-13-17(7-8-18(14)25-12-11-23-2)26(21,22)20-9-10-24-16-5-3-15(19)4-6-16/h3-8,13,20H,9-12H2,1-2H3. The van der Waals surface area contributed by atoms with E-state index in [9.17, 15) is 8.42 Å². The molecule has 2 rings (SSSR count). The summed E-state index contributed by atoms with van der Waals surface area (Å²) < 4.78 is 43.2. The first-order valence-electron chi connectivity index (χ1n) is 8.03. The Hall–Kier alpha value is -1.80. The second kappa shape index (κ2) is 9.78. The summed E-state index contributed by atoms with van der Waals surface area (Å²) in [4.78, 5) is 0.181. The molecule has 0 fully saturated rings. The molecule has 26 heavy (non-hydrogen) atoms. The average molecular weight is 400 g/mol. The predicted octanol–water partition coefficient (Wildman–Crippen LogP) is 3.03. The quantitative estimate of drug-likeness (QED) is 0.621. The van der Waals surface area contributed by atoms with Gasteiger partial charge in [0.15, 0.2) is 0 Å². The van der Waals surface area contributed by atoms with Crippen molar-refractivity contribution in [2.45, 2.75) is 11.8 Å². The highest BCUT2D eigenvalue weighted by molar-refractivity contribution is 7.89. The molecule has 0 aliphatic carbocycles. The van der Waals surface area contributed by atoms with Gasteiger partial charge in [0.2, 0.25) is 10.0 Å². The fourth-order valence-corrected chi connectivity index (χ4v) is 3.37. The van der Waals surface area contributed by atoms with Crippen LogP contribution in [0, 0.1) is 6.92 Å². The number of hydrogen-bond acceptors (Lipinski definition) is 5. The molecule has 0 amide bonds. The molecule has 0 unspecified atom stereocenters. The fourth-order valence-electron chi connectivity index (χ4n) is 2.15. The van der Waals surface area contributed by atoms with Crippen LogP contribution in [0.4, 0.5) is 0 Å². The van der Waals surface area contributed by atoms with Gasteiger partial charge in [0.05, 0.1) is 11.5 Å². The second-order valence-corrected chi connectivity index (χ2v) is 7.67. The zero-order valence-corrected chi connectivity index (χ0v) is 16.3. The van der Waals surface area contributed by atoms with Gasteiger partial charge >= 0.3 is 0 Å². The molecular weight excluding hydrogens is 378 g/mol. The van der Waals surface area contributed by atoms with Gasteiger partial charge in [-0.05, 0) is 55.0 Å². The number of hydrogen-bond donors (Lipinski definition) is 1. The summed E-state index contributed by atoms with van der Waals surface area (Å²) in [5.41, 5.74) is 0.737. The van der Waals surface area contributed by atoms with Crippen LogP contribution in [0.15, 0.2) is 47.4 Å². The number of methoxy groups -OCH3 is 1. The molecule has 2 aromatic rings. The third-order valence-corrected chi connectivity index (χ3v) is 5.19. The Morgan fingerprint density at radius 2 is 1.73 bits per heavy atom. The van der Waals surface area contributed by atoms with Crippen LogP contribution in [0.3, 0.4) is 0 Å². The predicted molar refractivity (Wildman–Crippen MR) is 101 cm³/mol. The minimum atomic E-state index is -3.62. The van der Waals surface area contributed by atoms with Crippen LogP contribution in [0.1, 0.15) is 5.56 Å². The van der Waals surface area contributed by atoms with Gasteiger partial charge in [-0.2, -0.15) is 0 Å². The van der Waals surface area contributed by atoms with Gasteiger partial charge in [0, 0.05) is 18.7 Å². The first kappa shape index (κ1) is 20.5. The van der Waals surface area contributed by atoms with Gasteiger partial charge in [0.1, 0.15) is 24.7 Å². The third-order valence-electron chi connectivity index (χ3n) is 3.48. The van der Waals surface area contributed by atoms with Crippen LogP contribution in [-0.4, -0.2) is 41.9 Å². The topological polar surface area (TPSA) is 73.9 Å². The van der Waals surface area contributed by atoms with E-state index in [1.165, 1.54) is 6.07 Å². The van der Waals surface area contributed by atoms with E-state index < -0.39 is 10.0 Å². The molecule has 2 aromatic carbocycles. The van der Waals surface area contributed by atoms with Gasteiger partial charge in [-0.1, -0.05) is 11.6 Å². The lowest BCUT2D eigenvalue weighted by molar-refractivity contribution is 0.146. The van der Waals surface area contributed by atoms with E-state index >= 15 is 0 Å². The summed E-state index contributed by atoms with van der Waals surface area (Å²) in [6.07, 6.45) is 0. The lowest BCUT2D eigenvalue weighted by Crippen LogP contribution is -2.28. The van der Waals surface area contributed by atoms with E-state index in [-0.39, 0.29) is 18.0 Å². The molecule has 0 radical (unpaired) electrons. The van der Waals surface area contributed by atoms with Gasteiger partial charge in [0.25, 0.3) is 0 Å². The van der Waals surface area contributed by atoms with E-state index in [0.29, 0.717) is 29.7 Å². The van der Waals surface area contributed by atoms with Crippen molar-refractivity contribution >= 4 is 21.6 Å². The van der Waals surface area contributed by atoms with Gasteiger partial charge < -0.3 is 14.2 Å². The molecule has 142 valence electrons. The highest BCUT2D eigenvalue weighted by atomic mass is 35.5. The molecule has 0 saturated carbocycles. The maximum atomic E-state index is 12.4. The maximum Gasteiger partial charge on any atom is 0.240 e. The lowest BCUT2D eigenvalue weighted by atomic mass is 10.2. The lowest BCUT2D eigenvalue weighted by Gasteiger charge is -2.12. The molecule has 0 heterocycles. The molecule has 1 N–H and O–H groups in total. The molecule has 0 aliphatic heterocycles. The van der Waals surface area contributed by atoms with Crippen LogP contribution >= 0.6 is 11.6 Å². The van der Waals surface area contributed by atoms with Gasteiger partial charge in [-0.15, -0.1) is 0 Å². The van der Waals surface area contributed by atoms with Crippen LogP contribution in [-0.2, 0) is 14.8 Å². The normalized spacial score (nSPS) is 11.3. The van der Waals surface area contributed by atoms with Crippen LogP contribution in [0.5, 0.6) is 11.5 Å². The smallest absolute Gasteiger partial charge is 0.240 e. The number of halogens is 1. The van der Waals surface area contributed by atoms with Crippen molar-refractivity contribution in [1.29, 1.82) is 0 Å². The molecule has 6 nitrogen and oxygen atoms in total. The first-order valence-corrected chi connectivity index (χ1v) is 9.89. The minimum absolute atomic E-state index is 0.149. The average Bonchev–Trinajstić information content (AvgIpc) is 2.61. The molecular formula is C18H22ClNO5S. The molecule has 8 heteroatoms. The second-order valence-electron chi connectivity index (χ2n) is 5.47. The summed E-state index contributed by atoms with van der Waals surface area (Å²) in [5, 5.41) is 0.614. The Kier molecular flexibility index (Phi) is 7.71. The summed E-state index contributed by atoms with van der Waals surface area (Å²) in [6, 6.07) is 11.6. The van der Waals surface area contributed by atoms with E-state index in [4.69, 9.17) is 25.8 Å². The number of aryl methyl sites for hydroxylation is 1. The summed E-state index contributed by atoms with van der Waals surface area (Å²) >= 11 is 5.80. The SMILES string of the molecule is COCCOc1ccc(S(=O)(=O)NCCOc2ccc(Cl)cc2)cc1C. The van der Waals surface area contributed by atoms with Crippen molar-refractivity contribution in [1.82, 2.24) is 4.72 Å². The van der Waals surface area contributed by atoms with E-state index in [1.807, 2.05) is 0 Å². The number of benzene rings is 2. The van der Waals surface area contributed by atoms with Crippen LogP contribution in [0.2, 0.25) is 5.02 Å². The third kappa shape index (κ3) is 6.17. The maximum absolute atomic E-state index is 12.4. The Balaban J connectivity index is 1.88. The van der Waals surface area contributed by atoms with Crippen molar-refractivity contribution in [3.05, 3.63) is 53.1 Å². The van der Waals surface area contributed by atoms with Crippen molar-refractivity contribution in [3.63, 3.8) is 0 Å². The molecule has 0 aromatic heterocycles. The zero-order valence-electron chi connectivity index (χ0n) is 14.7.